The van der Waals surface area contributed by atoms with Crippen molar-refractivity contribution in [1.82, 2.24) is 5.32 Å². The van der Waals surface area contributed by atoms with Crippen molar-refractivity contribution < 1.29 is 14.9 Å². The van der Waals surface area contributed by atoms with Gasteiger partial charge in [-0.3, -0.25) is 0 Å². The Bertz CT molecular complexity index is 135. The standard InChI is InChI=1S/C6H11NO3/c8-2-6(9)1-7-5-3-10-4-5/h3,6-9H,1-2,4H2. The molecule has 58 valence electrons. The summed E-state index contributed by atoms with van der Waals surface area (Å²) in [4.78, 5) is 0. The number of aliphatic hydroxyl groups excluding tert-OH is 2. The van der Waals surface area contributed by atoms with Gasteiger partial charge in [0.1, 0.15) is 12.9 Å². The molecule has 1 atom stereocenters. The normalized spacial score (nSPS) is 18.4. The smallest absolute Gasteiger partial charge is 0.130 e. The Morgan fingerprint density at radius 2 is 2.50 bits per heavy atom. The highest BCUT2D eigenvalue weighted by Crippen LogP contribution is 2.02. The van der Waals surface area contributed by atoms with Crippen molar-refractivity contribution >= 4 is 0 Å². The molecule has 10 heavy (non-hydrogen) atoms. The van der Waals surface area contributed by atoms with Crippen LogP contribution in [0.15, 0.2) is 12.0 Å². The monoisotopic (exact) mass is 145 g/mol. The average molecular weight is 145 g/mol. The van der Waals surface area contributed by atoms with E-state index >= 15 is 0 Å². The van der Waals surface area contributed by atoms with E-state index in [4.69, 9.17) is 14.9 Å². The number of rotatable bonds is 4. The molecule has 0 amide bonds. The lowest BCUT2D eigenvalue weighted by molar-refractivity contribution is 0.0931. The summed E-state index contributed by atoms with van der Waals surface area (Å²) >= 11 is 0. The zero-order valence-corrected chi connectivity index (χ0v) is 5.58. The average Bonchev–Trinajstić information content (AvgIpc) is 1.84. The van der Waals surface area contributed by atoms with Gasteiger partial charge < -0.3 is 20.3 Å². The molecule has 0 spiro atoms. The Hall–Kier alpha value is -0.740. The Morgan fingerprint density at radius 1 is 1.80 bits per heavy atom. The lowest BCUT2D eigenvalue weighted by Crippen LogP contribution is -2.32. The molecule has 1 aliphatic rings. The summed E-state index contributed by atoms with van der Waals surface area (Å²) in [7, 11) is 0. The van der Waals surface area contributed by atoms with Crippen molar-refractivity contribution in [3.05, 3.63) is 12.0 Å². The van der Waals surface area contributed by atoms with E-state index in [0.29, 0.717) is 13.2 Å². The fraction of sp³-hybridized carbons (Fsp3) is 0.667. The molecule has 0 saturated heterocycles. The third-order valence-electron chi connectivity index (χ3n) is 1.24. The van der Waals surface area contributed by atoms with Gasteiger partial charge in [-0.25, -0.2) is 0 Å². The topological polar surface area (TPSA) is 61.7 Å². The lowest BCUT2D eigenvalue weighted by atomic mass is 10.3. The molecule has 0 fully saturated rings. The maximum absolute atomic E-state index is 8.85. The number of aliphatic hydroxyl groups is 2. The Balaban J connectivity index is 2.04. The van der Waals surface area contributed by atoms with Crippen molar-refractivity contribution in [3.63, 3.8) is 0 Å². The maximum atomic E-state index is 8.85. The first-order chi connectivity index (χ1) is 4.83. The van der Waals surface area contributed by atoms with Crippen LogP contribution in [0.25, 0.3) is 0 Å². The lowest BCUT2D eigenvalue weighted by Gasteiger charge is -2.18. The highest BCUT2D eigenvalue weighted by molar-refractivity contribution is 5.03. The van der Waals surface area contributed by atoms with Crippen LogP contribution >= 0.6 is 0 Å². The van der Waals surface area contributed by atoms with Crippen molar-refractivity contribution in [2.75, 3.05) is 19.8 Å². The van der Waals surface area contributed by atoms with Gasteiger partial charge in [0.05, 0.1) is 18.4 Å². The molecule has 0 aliphatic carbocycles. The van der Waals surface area contributed by atoms with Crippen molar-refractivity contribution in [3.8, 4) is 0 Å². The minimum absolute atomic E-state index is 0.207. The van der Waals surface area contributed by atoms with E-state index < -0.39 is 6.10 Å². The summed E-state index contributed by atoms with van der Waals surface area (Å²) in [6, 6.07) is 0. The molecule has 0 radical (unpaired) electrons. The predicted molar refractivity (Wildman–Crippen MR) is 35.1 cm³/mol. The molecule has 1 rings (SSSR count). The first-order valence-electron chi connectivity index (χ1n) is 3.16. The molecule has 1 unspecified atom stereocenters. The molecule has 0 aromatic rings. The molecule has 0 bridgehead atoms. The molecule has 1 aliphatic heterocycles. The van der Waals surface area contributed by atoms with Gasteiger partial charge in [-0.2, -0.15) is 0 Å². The molecule has 3 N–H and O–H groups in total. The van der Waals surface area contributed by atoms with E-state index in [0.717, 1.165) is 5.70 Å². The fourth-order valence-corrected chi connectivity index (χ4v) is 0.573. The van der Waals surface area contributed by atoms with Gasteiger partial charge in [-0.05, 0) is 0 Å². The Labute approximate surface area is 59.1 Å². The number of nitrogens with one attached hydrogen (secondary N) is 1. The summed E-state index contributed by atoms with van der Waals surface area (Å²) in [5, 5.41) is 20.1. The molecule has 1 heterocycles. The van der Waals surface area contributed by atoms with Crippen LogP contribution in [0.2, 0.25) is 0 Å². The molecular formula is C6H11NO3. The summed E-state index contributed by atoms with van der Waals surface area (Å²) in [5.41, 5.74) is 0.965. The van der Waals surface area contributed by atoms with Crippen LogP contribution in [0.3, 0.4) is 0 Å². The molecule has 0 saturated carbocycles. The summed E-state index contributed by atoms with van der Waals surface area (Å²) in [6.07, 6.45) is 0.908. The zero-order chi connectivity index (χ0) is 7.40. The van der Waals surface area contributed by atoms with Gasteiger partial charge in [0, 0.05) is 6.54 Å². The summed E-state index contributed by atoms with van der Waals surface area (Å²) in [5.74, 6) is 0. The maximum Gasteiger partial charge on any atom is 0.130 e. The number of hydrogen-bond donors (Lipinski definition) is 3. The minimum Gasteiger partial charge on any atom is -0.493 e. The van der Waals surface area contributed by atoms with Gasteiger partial charge in [-0.1, -0.05) is 0 Å². The molecular weight excluding hydrogens is 134 g/mol. The minimum atomic E-state index is -0.679. The third kappa shape index (κ3) is 1.89. The quantitative estimate of drug-likeness (QED) is 0.465. The van der Waals surface area contributed by atoms with E-state index in [2.05, 4.69) is 5.32 Å². The highest BCUT2D eigenvalue weighted by atomic mass is 16.5. The first kappa shape index (κ1) is 7.37. The fourth-order valence-electron chi connectivity index (χ4n) is 0.573. The number of hydrogen-bond acceptors (Lipinski definition) is 4. The molecule has 4 heteroatoms. The second kappa shape index (κ2) is 3.43. The summed E-state index contributed by atoms with van der Waals surface area (Å²) < 4.78 is 4.73. The highest BCUT2D eigenvalue weighted by Gasteiger charge is 2.07. The van der Waals surface area contributed by atoms with Gasteiger partial charge in [0.25, 0.3) is 0 Å². The molecule has 4 nitrogen and oxygen atoms in total. The molecule has 0 aromatic heterocycles. The van der Waals surface area contributed by atoms with Gasteiger partial charge in [-0.15, -0.1) is 0 Å². The SMILES string of the molecule is OCC(O)CNC1=COC1. The second-order valence-corrected chi connectivity index (χ2v) is 2.17. The Morgan fingerprint density at radius 3 is 2.90 bits per heavy atom. The van der Waals surface area contributed by atoms with Crippen molar-refractivity contribution in [1.29, 1.82) is 0 Å². The predicted octanol–water partition coefficient (Wildman–Crippen LogP) is -1.20. The van der Waals surface area contributed by atoms with Crippen LogP contribution in [-0.2, 0) is 4.74 Å². The third-order valence-corrected chi connectivity index (χ3v) is 1.24. The van der Waals surface area contributed by atoms with Crippen LogP contribution in [0.4, 0.5) is 0 Å². The number of ether oxygens (including phenoxy) is 1. The van der Waals surface area contributed by atoms with E-state index in [9.17, 15) is 0 Å². The zero-order valence-electron chi connectivity index (χ0n) is 5.58. The van der Waals surface area contributed by atoms with E-state index in [1.165, 1.54) is 0 Å². The summed E-state index contributed by atoms with van der Waals surface area (Å²) in [6.45, 7) is 0.755. The first-order valence-corrected chi connectivity index (χ1v) is 3.16. The van der Waals surface area contributed by atoms with Crippen LogP contribution in [0.5, 0.6) is 0 Å². The Kier molecular flexibility index (Phi) is 2.53. The second-order valence-electron chi connectivity index (χ2n) is 2.17. The largest absolute Gasteiger partial charge is 0.493 e. The van der Waals surface area contributed by atoms with Crippen molar-refractivity contribution in [2.45, 2.75) is 6.10 Å². The van der Waals surface area contributed by atoms with Gasteiger partial charge in [0.15, 0.2) is 0 Å². The van der Waals surface area contributed by atoms with E-state index in [1.807, 2.05) is 0 Å². The molecule has 0 aromatic carbocycles. The van der Waals surface area contributed by atoms with Crippen LogP contribution in [0.1, 0.15) is 0 Å². The van der Waals surface area contributed by atoms with Crippen LogP contribution in [-0.4, -0.2) is 36.1 Å². The van der Waals surface area contributed by atoms with E-state index in [-0.39, 0.29) is 6.61 Å². The van der Waals surface area contributed by atoms with E-state index in [1.54, 1.807) is 6.26 Å². The van der Waals surface area contributed by atoms with Crippen LogP contribution < -0.4 is 5.32 Å². The van der Waals surface area contributed by atoms with Gasteiger partial charge >= 0.3 is 0 Å². The van der Waals surface area contributed by atoms with Crippen LogP contribution in [0, 0.1) is 0 Å². The van der Waals surface area contributed by atoms with Crippen molar-refractivity contribution in [2.24, 2.45) is 0 Å². The van der Waals surface area contributed by atoms with Gasteiger partial charge in [0.2, 0.25) is 0 Å².